The molecular formula is C9H13N. The van der Waals surface area contributed by atoms with Crippen molar-refractivity contribution in [1.82, 2.24) is 0 Å². The van der Waals surface area contributed by atoms with Gasteiger partial charge >= 0.3 is 0 Å². The summed E-state index contributed by atoms with van der Waals surface area (Å²) in [5, 5.41) is 0. The molecule has 0 aromatic rings. The van der Waals surface area contributed by atoms with Crippen molar-refractivity contribution in [3.8, 4) is 0 Å². The quantitative estimate of drug-likeness (QED) is 0.541. The molecule has 1 aliphatic rings. The van der Waals surface area contributed by atoms with E-state index in [9.17, 15) is 0 Å². The van der Waals surface area contributed by atoms with Gasteiger partial charge in [0.15, 0.2) is 0 Å². The van der Waals surface area contributed by atoms with Crippen molar-refractivity contribution in [3.05, 3.63) is 35.1 Å². The predicted octanol–water partition coefficient (Wildman–Crippen LogP) is 2.13. The highest BCUT2D eigenvalue weighted by molar-refractivity contribution is 5.45. The Balaban J connectivity index is 3.06. The summed E-state index contributed by atoms with van der Waals surface area (Å²) in [4.78, 5) is 0. The lowest BCUT2D eigenvalue weighted by molar-refractivity contribution is 1.08. The average molecular weight is 135 g/mol. The molecule has 0 heterocycles. The number of nitrogens with two attached hydrogens (primary N) is 1. The van der Waals surface area contributed by atoms with Crippen LogP contribution in [0.2, 0.25) is 0 Å². The summed E-state index contributed by atoms with van der Waals surface area (Å²) in [6.45, 7) is 8.02. The fourth-order valence-corrected chi connectivity index (χ4v) is 1.02. The van der Waals surface area contributed by atoms with Crippen molar-refractivity contribution >= 4 is 0 Å². The molecule has 0 aliphatic heterocycles. The smallest absolute Gasteiger partial charge is 0.0309 e. The second-order valence-electron chi connectivity index (χ2n) is 2.72. The number of rotatable bonds is 0. The first-order valence-electron chi connectivity index (χ1n) is 3.44. The molecular weight excluding hydrogens is 122 g/mol. The molecule has 2 N–H and O–H groups in total. The molecule has 0 fully saturated rings. The molecule has 0 radical (unpaired) electrons. The number of hydrogen-bond acceptors (Lipinski definition) is 1. The van der Waals surface area contributed by atoms with Gasteiger partial charge in [-0.15, -0.1) is 0 Å². The van der Waals surface area contributed by atoms with Crippen LogP contribution in [0.4, 0.5) is 0 Å². The van der Waals surface area contributed by atoms with Crippen molar-refractivity contribution in [2.75, 3.05) is 0 Å². The van der Waals surface area contributed by atoms with Gasteiger partial charge in [-0.05, 0) is 37.0 Å². The van der Waals surface area contributed by atoms with E-state index in [-0.39, 0.29) is 0 Å². The first-order chi connectivity index (χ1) is 4.63. The molecule has 0 saturated carbocycles. The Bertz CT molecular complexity index is 227. The van der Waals surface area contributed by atoms with Gasteiger partial charge in [-0.3, -0.25) is 0 Å². The standard InChI is InChI=1S/C9H13N/c1-6-4-5-9(10)8(3)7(6)2/h5H,1,4,10H2,2-3H3. The molecule has 0 spiro atoms. The van der Waals surface area contributed by atoms with Gasteiger partial charge in [0.05, 0.1) is 0 Å². The minimum atomic E-state index is 0.907. The van der Waals surface area contributed by atoms with E-state index in [0.29, 0.717) is 0 Å². The first-order valence-corrected chi connectivity index (χ1v) is 3.44. The molecule has 1 rings (SSSR count). The summed E-state index contributed by atoms with van der Waals surface area (Å²) in [7, 11) is 0. The SMILES string of the molecule is C=C1CC=C(N)C(C)=C1C. The predicted molar refractivity (Wildman–Crippen MR) is 44.4 cm³/mol. The van der Waals surface area contributed by atoms with Crippen LogP contribution in [0.15, 0.2) is 35.1 Å². The van der Waals surface area contributed by atoms with Crippen molar-refractivity contribution in [1.29, 1.82) is 0 Å². The topological polar surface area (TPSA) is 26.0 Å². The van der Waals surface area contributed by atoms with E-state index < -0.39 is 0 Å². The summed E-state index contributed by atoms with van der Waals surface area (Å²) in [5.74, 6) is 0. The molecule has 0 aromatic heterocycles. The van der Waals surface area contributed by atoms with Gasteiger partial charge in [0, 0.05) is 5.70 Å². The molecule has 0 aromatic carbocycles. The van der Waals surface area contributed by atoms with Crippen LogP contribution < -0.4 is 5.73 Å². The average Bonchev–Trinajstić information content (AvgIpc) is 1.93. The van der Waals surface area contributed by atoms with E-state index in [0.717, 1.165) is 12.1 Å². The molecule has 0 bridgehead atoms. The molecule has 10 heavy (non-hydrogen) atoms. The van der Waals surface area contributed by atoms with Crippen molar-refractivity contribution < 1.29 is 0 Å². The summed E-state index contributed by atoms with van der Waals surface area (Å²) in [6.07, 6.45) is 2.93. The Hall–Kier alpha value is -0.980. The molecule has 0 atom stereocenters. The lowest BCUT2D eigenvalue weighted by atomic mass is 9.94. The molecule has 0 amide bonds. The Labute approximate surface area is 61.9 Å². The normalized spacial score (nSPS) is 19.4. The van der Waals surface area contributed by atoms with E-state index in [2.05, 4.69) is 13.5 Å². The minimum absolute atomic E-state index is 0.907. The highest BCUT2D eigenvalue weighted by Gasteiger charge is 2.07. The minimum Gasteiger partial charge on any atom is -0.399 e. The fourth-order valence-electron chi connectivity index (χ4n) is 1.02. The Morgan fingerprint density at radius 2 is 2.00 bits per heavy atom. The van der Waals surface area contributed by atoms with E-state index in [1.165, 1.54) is 16.7 Å². The molecule has 1 heteroatoms. The zero-order valence-corrected chi connectivity index (χ0v) is 6.57. The maximum absolute atomic E-state index is 5.69. The van der Waals surface area contributed by atoms with Crippen LogP contribution in [0, 0.1) is 0 Å². The maximum atomic E-state index is 5.69. The lowest BCUT2D eigenvalue weighted by Crippen LogP contribution is -2.06. The van der Waals surface area contributed by atoms with Gasteiger partial charge in [0.25, 0.3) is 0 Å². The van der Waals surface area contributed by atoms with Gasteiger partial charge < -0.3 is 5.73 Å². The zero-order chi connectivity index (χ0) is 7.72. The van der Waals surface area contributed by atoms with Gasteiger partial charge in [-0.1, -0.05) is 12.7 Å². The van der Waals surface area contributed by atoms with Crippen LogP contribution in [-0.2, 0) is 0 Å². The van der Waals surface area contributed by atoms with Crippen LogP contribution in [0.1, 0.15) is 20.3 Å². The lowest BCUT2D eigenvalue weighted by Gasteiger charge is -2.15. The van der Waals surface area contributed by atoms with Gasteiger partial charge in [0.2, 0.25) is 0 Å². The largest absolute Gasteiger partial charge is 0.399 e. The van der Waals surface area contributed by atoms with E-state index in [1.54, 1.807) is 0 Å². The highest BCUT2D eigenvalue weighted by atomic mass is 14.6. The summed E-state index contributed by atoms with van der Waals surface area (Å²) in [6, 6.07) is 0. The van der Waals surface area contributed by atoms with E-state index >= 15 is 0 Å². The van der Waals surface area contributed by atoms with Crippen LogP contribution in [0.5, 0.6) is 0 Å². The molecule has 1 nitrogen and oxygen atoms in total. The fraction of sp³-hybridized carbons (Fsp3) is 0.333. The van der Waals surface area contributed by atoms with Gasteiger partial charge in [0.1, 0.15) is 0 Å². The van der Waals surface area contributed by atoms with Crippen molar-refractivity contribution in [2.24, 2.45) is 5.73 Å². The first kappa shape index (κ1) is 7.13. The van der Waals surface area contributed by atoms with Gasteiger partial charge in [-0.2, -0.15) is 0 Å². The van der Waals surface area contributed by atoms with E-state index in [4.69, 9.17) is 5.73 Å². The second-order valence-corrected chi connectivity index (χ2v) is 2.72. The van der Waals surface area contributed by atoms with E-state index in [1.807, 2.05) is 13.0 Å². The third-order valence-electron chi connectivity index (χ3n) is 2.09. The highest BCUT2D eigenvalue weighted by Crippen LogP contribution is 2.24. The second kappa shape index (κ2) is 2.33. The van der Waals surface area contributed by atoms with Gasteiger partial charge in [-0.25, -0.2) is 0 Å². The van der Waals surface area contributed by atoms with Crippen molar-refractivity contribution in [3.63, 3.8) is 0 Å². The molecule has 0 unspecified atom stereocenters. The number of allylic oxidation sites excluding steroid dienone is 4. The van der Waals surface area contributed by atoms with Crippen LogP contribution in [0.3, 0.4) is 0 Å². The third kappa shape index (κ3) is 0.991. The summed E-state index contributed by atoms with van der Waals surface area (Å²) < 4.78 is 0. The van der Waals surface area contributed by atoms with Crippen molar-refractivity contribution in [2.45, 2.75) is 20.3 Å². The Kier molecular flexibility index (Phi) is 1.66. The third-order valence-corrected chi connectivity index (χ3v) is 2.09. The van der Waals surface area contributed by atoms with Crippen LogP contribution in [-0.4, -0.2) is 0 Å². The Morgan fingerprint density at radius 3 is 2.50 bits per heavy atom. The monoisotopic (exact) mass is 135 g/mol. The molecule has 0 saturated heterocycles. The summed E-state index contributed by atoms with van der Waals surface area (Å²) in [5.41, 5.74) is 10.2. The Morgan fingerprint density at radius 1 is 1.40 bits per heavy atom. The number of hydrogen-bond donors (Lipinski definition) is 1. The maximum Gasteiger partial charge on any atom is 0.0309 e. The van der Waals surface area contributed by atoms with Crippen LogP contribution >= 0.6 is 0 Å². The van der Waals surface area contributed by atoms with Crippen LogP contribution in [0.25, 0.3) is 0 Å². The molecule has 1 aliphatic carbocycles. The summed E-state index contributed by atoms with van der Waals surface area (Å²) >= 11 is 0. The molecule has 54 valence electrons. The zero-order valence-electron chi connectivity index (χ0n) is 6.57.